The smallest absolute Gasteiger partial charge is 0.253 e. The van der Waals surface area contributed by atoms with Crippen molar-refractivity contribution in [2.75, 3.05) is 24.5 Å². The lowest BCUT2D eigenvalue weighted by Crippen LogP contribution is -2.33. The summed E-state index contributed by atoms with van der Waals surface area (Å²) in [4.78, 5) is 28.2. The molecule has 130 valence electrons. The molecule has 1 saturated carbocycles. The summed E-state index contributed by atoms with van der Waals surface area (Å²) in [5.41, 5.74) is 7.74. The van der Waals surface area contributed by atoms with Crippen LogP contribution in [0.5, 0.6) is 0 Å². The fraction of sp³-hybridized carbons (Fsp3) is 0.556. The van der Waals surface area contributed by atoms with Gasteiger partial charge in [0.1, 0.15) is 0 Å². The van der Waals surface area contributed by atoms with Gasteiger partial charge in [0.25, 0.3) is 5.91 Å². The summed E-state index contributed by atoms with van der Waals surface area (Å²) < 4.78 is 0. The maximum atomic E-state index is 12.7. The monoisotopic (exact) mass is 349 g/mol. The van der Waals surface area contributed by atoms with Crippen LogP contribution in [-0.2, 0) is 4.79 Å². The third kappa shape index (κ3) is 2.91. The van der Waals surface area contributed by atoms with Gasteiger partial charge in [-0.05, 0) is 55.4 Å². The van der Waals surface area contributed by atoms with Crippen LogP contribution < -0.4 is 10.6 Å². The van der Waals surface area contributed by atoms with Gasteiger partial charge in [-0.15, -0.1) is 12.4 Å². The van der Waals surface area contributed by atoms with Gasteiger partial charge < -0.3 is 15.5 Å². The maximum Gasteiger partial charge on any atom is 0.253 e. The first-order chi connectivity index (χ1) is 11.1. The molecule has 1 aliphatic carbocycles. The van der Waals surface area contributed by atoms with E-state index in [4.69, 9.17) is 5.73 Å². The minimum absolute atomic E-state index is 0. The predicted octanol–water partition coefficient (Wildman–Crippen LogP) is 2.04. The predicted molar refractivity (Wildman–Crippen MR) is 95.4 cm³/mol. The lowest BCUT2D eigenvalue weighted by atomic mass is 9.98. The van der Waals surface area contributed by atoms with Crippen LogP contribution in [0.2, 0.25) is 0 Å². The van der Waals surface area contributed by atoms with E-state index in [1.807, 2.05) is 29.2 Å². The zero-order valence-corrected chi connectivity index (χ0v) is 14.5. The first-order valence-electron chi connectivity index (χ1n) is 8.59. The zero-order valence-electron chi connectivity index (χ0n) is 13.7. The number of fused-ring (bicyclic) bond motifs is 1. The summed E-state index contributed by atoms with van der Waals surface area (Å²) in [6.45, 7) is 2.40. The molecule has 6 heteroatoms. The van der Waals surface area contributed by atoms with Gasteiger partial charge in [0.2, 0.25) is 5.91 Å². The molecular weight excluding hydrogens is 326 g/mol. The molecule has 3 unspecified atom stereocenters. The van der Waals surface area contributed by atoms with Crippen LogP contribution >= 0.6 is 12.4 Å². The topological polar surface area (TPSA) is 66.6 Å². The van der Waals surface area contributed by atoms with Crippen molar-refractivity contribution in [3.05, 3.63) is 29.8 Å². The van der Waals surface area contributed by atoms with Gasteiger partial charge in [-0.3, -0.25) is 9.59 Å². The van der Waals surface area contributed by atoms with E-state index >= 15 is 0 Å². The van der Waals surface area contributed by atoms with Gasteiger partial charge in [-0.2, -0.15) is 0 Å². The molecule has 0 bridgehead atoms. The third-order valence-electron chi connectivity index (χ3n) is 5.70. The number of nitrogens with two attached hydrogens (primary N) is 1. The molecule has 5 nitrogen and oxygen atoms in total. The molecule has 24 heavy (non-hydrogen) atoms. The first kappa shape index (κ1) is 17.2. The molecule has 0 radical (unpaired) electrons. The lowest BCUT2D eigenvalue weighted by Gasteiger charge is -2.20. The highest BCUT2D eigenvalue weighted by atomic mass is 35.5. The van der Waals surface area contributed by atoms with E-state index in [-0.39, 0.29) is 30.3 Å². The van der Waals surface area contributed by atoms with Crippen LogP contribution in [0.1, 0.15) is 36.0 Å². The number of halogens is 1. The van der Waals surface area contributed by atoms with Gasteiger partial charge in [0.05, 0.1) is 0 Å². The van der Waals surface area contributed by atoms with E-state index in [0.29, 0.717) is 23.8 Å². The Balaban J connectivity index is 0.00000169. The Kier molecular flexibility index (Phi) is 4.83. The summed E-state index contributed by atoms with van der Waals surface area (Å²) in [6, 6.07) is 7.72. The number of benzene rings is 1. The maximum absolute atomic E-state index is 12.7. The van der Waals surface area contributed by atoms with Crippen molar-refractivity contribution in [2.24, 2.45) is 17.6 Å². The number of carbonyl (C=O) groups excluding carboxylic acids is 2. The number of hydrogen-bond acceptors (Lipinski definition) is 3. The highest BCUT2D eigenvalue weighted by Crippen LogP contribution is 2.37. The Morgan fingerprint density at radius 3 is 2.50 bits per heavy atom. The number of carbonyl (C=O) groups is 2. The number of anilines is 1. The van der Waals surface area contributed by atoms with Crippen LogP contribution in [0.15, 0.2) is 24.3 Å². The molecule has 0 aromatic heterocycles. The standard InChI is InChI=1S/C18H23N3O2.ClH/c19-16-8-5-13-10-20(11-15(13)16)18(23)12-3-6-14(7-4-12)21-9-1-2-17(21)22;/h3-4,6-7,13,15-16H,1-2,5,8-11,19H2;1H. The molecule has 3 aliphatic rings. The molecule has 2 heterocycles. The first-order valence-corrected chi connectivity index (χ1v) is 8.59. The Labute approximate surface area is 148 Å². The summed E-state index contributed by atoms with van der Waals surface area (Å²) >= 11 is 0. The van der Waals surface area contributed by atoms with E-state index in [9.17, 15) is 9.59 Å². The molecule has 1 aromatic rings. The van der Waals surface area contributed by atoms with Gasteiger partial charge in [-0.25, -0.2) is 0 Å². The average Bonchev–Trinajstić information content (AvgIpc) is 3.25. The number of hydrogen-bond donors (Lipinski definition) is 1. The molecule has 3 atom stereocenters. The second kappa shape index (κ2) is 6.73. The molecular formula is C18H24ClN3O2. The minimum Gasteiger partial charge on any atom is -0.338 e. The Bertz CT molecular complexity index is 634. The second-order valence-electron chi connectivity index (χ2n) is 7.07. The largest absolute Gasteiger partial charge is 0.338 e. The van der Waals surface area contributed by atoms with Crippen LogP contribution in [0, 0.1) is 11.8 Å². The van der Waals surface area contributed by atoms with Crippen LogP contribution in [0.25, 0.3) is 0 Å². The number of rotatable bonds is 2. The van der Waals surface area contributed by atoms with E-state index in [2.05, 4.69) is 0 Å². The minimum atomic E-state index is 0. The molecule has 1 aromatic carbocycles. The highest BCUT2D eigenvalue weighted by molar-refractivity contribution is 5.97. The van der Waals surface area contributed by atoms with Gasteiger partial charge in [0.15, 0.2) is 0 Å². The van der Waals surface area contributed by atoms with Gasteiger partial charge in [0, 0.05) is 43.3 Å². The number of amides is 2. The fourth-order valence-electron chi connectivity index (χ4n) is 4.36. The Hall–Kier alpha value is -1.59. The molecule has 0 spiro atoms. The normalized spacial score (nSPS) is 28.9. The van der Waals surface area contributed by atoms with Crippen LogP contribution in [-0.4, -0.2) is 42.4 Å². The van der Waals surface area contributed by atoms with Gasteiger partial charge >= 0.3 is 0 Å². The molecule has 3 fully saturated rings. The quantitative estimate of drug-likeness (QED) is 0.888. The van der Waals surface area contributed by atoms with Crippen molar-refractivity contribution in [2.45, 2.75) is 31.7 Å². The summed E-state index contributed by atoms with van der Waals surface area (Å²) in [7, 11) is 0. The van der Waals surface area contributed by atoms with Gasteiger partial charge in [-0.1, -0.05) is 0 Å². The SMILES string of the molecule is Cl.NC1CCC2CN(C(=O)c3ccc(N4CCCC4=O)cc3)CC12. The highest BCUT2D eigenvalue weighted by Gasteiger charge is 2.42. The summed E-state index contributed by atoms with van der Waals surface area (Å²) in [5, 5.41) is 0. The van der Waals surface area contributed by atoms with Crippen molar-refractivity contribution in [1.29, 1.82) is 0 Å². The molecule has 2 saturated heterocycles. The Morgan fingerprint density at radius 2 is 1.88 bits per heavy atom. The molecule has 4 rings (SSSR count). The van der Waals surface area contributed by atoms with Crippen molar-refractivity contribution in [1.82, 2.24) is 4.90 Å². The summed E-state index contributed by atoms with van der Waals surface area (Å²) in [6.07, 6.45) is 3.77. The second-order valence-corrected chi connectivity index (χ2v) is 7.07. The van der Waals surface area contributed by atoms with E-state index in [0.717, 1.165) is 44.6 Å². The third-order valence-corrected chi connectivity index (χ3v) is 5.70. The van der Waals surface area contributed by atoms with Crippen molar-refractivity contribution < 1.29 is 9.59 Å². The molecule has 2 N–H and O–H groups in total. The molecule has 2 aliphatic heterocycles. The van der Waals surface area contributed by atoms with E-state index < -0.39 is 0 Å². The average molecular weight is 350 g/mol. The van der Waals surface area contributed by atoms with E-state index in [1.54, 1.807) is 4.90 Å². The zero-order chi connectivity index (χ0) is 16.0. The Morgan fingerprint density at radius 1 is 1.12 bits per heavy atom. The number of nitrogens with zero attached hydrogens (tertiary/aromatic N) is 2. The molecule has 2 amide bonds. The van der Waals surface area contributed by atoms with Crippen LogP contribution in [0.3, 0.4) is 0 Å². The number of likely N-dealkylation sites (tertiary alicyclic amines) is 1. The van der Waals surface area contributed by atoms with E-state index in [1.165, 1.54) is 0 Å². The van der Waals surface area contributed by atoms with Crippen molar-refractivity contribution >= 4 is 29.9 Å². The fourth-order valence-corrected chi connectivity index (χ4v) is 4.36. The van der Waals surface area contributed by atoms with Crippen molar-refractivity contribution in [3.63, 3.8) is 0 Å². The summed E-state index contributed by atoms with van der Waals surface area (Å²) in [5.74, 6) is 1.31. The van der Waals surface area contributed by atoms with Crippen LogP contribution in [0.4, 0.5) is 5.69 Å². The lowest BCUT2D eigenvalue weighted by molar-refractivity contribution is -0.117. The van der Waals surface area contributed by atoms with Crippen molar-refractivity contribution in [3.8, 4) is 0 Å².